The molecule has 0 bridgehead atoms. The number of sulfonamides is 1. The molecule has 1 aliphatic heterocycles. The highest BCUT2D eigenvalue weighted by Crippen LogP contribution is 2.37. The zero-order chi connectivity index (χ0) is 22.0. The van der Waals surface area contributed by atoms with Crippen LogP contribution in [0.1, 0.15) is 9.67 Å². The quantitative estimate of drug-likeness (QED) is 0.512. The van der Waals surface area contributed by atoms with Gasteiger partial charge in [-0.25, -0.2) is 13.2 Å². The number of hydrogen-bond donors (Lipinski definition) is 0. The lowest BCUT2D eigenvalue weighted by atomic mass is 10.1. The van der Waals surface area contributed by atoms with Crippen LogP contribution in [0.25, 0.3) is 11.1 Å². The van der Waals surface area contributed by atoms with E-state index in [0.717, 1.165) is 22.6 Å². The minimum atomic E-state index is -3.91. The molecule has 0 unspecified atom stereocenters. The van der Waals surface area contributed by atoms with Crippen molar-refractivity contribution in [2.45, 2.75) is 4.90 Å². The average Bonchev–Trinajstić information content (AvgIpc) is 3.25. The maximum Gasteiger partial charge on any atom is 0.349 e. The van der Waals surface area contributed by atoms with Crippen LogP contribution in [-0.4, -0.2) is 52.0 Å². The predicted octanol–water partition coefficient (Wildman–Crippen LogP) is 4.37. The highest BCUT2D eigenvalue weighted by Gasteiger charge is 2.36. The van der Waals surface area contributed by atoms with Gasteiger partial charge in [0.2, 0.25) is 10.0 Å². The highest BCUT2D eigenvalue weighted by atomic mass is 35.5. The summed E-state index contributed by atoms with van der Waals surface area (Å²) in [4.78, 5) is 14.6. The van der Waals surface area contributed by atoms with Crippen LogP contribution in [-0.2, 0) is 14.8 Å². The van der Waals surface area contributed by atoms with Gasteiger partial charge in [0.25, 0.3) is 0 Å². The van der Waals surface area contributed by atoms with Gasteiger partial charge in [0.15, 0.2) is 0 Å². The van der Waals surface area contributed by atoms with Crippen LogP contribution in [0.15, 0.2) is 64.9 Å². The van der Waals surface area contributed by atoms with Gasteiger partial charge in [-0.15, -0.1) is 11.3 Å². The molecule has 2 aromatic carbocycles. The van der Waals surface area contributed by atoms with Gasteiger partial charge >= 0.3 is 5.97 Å². The Morgan fingerprint density at radius 2 is 1.74 bits per heavy atom. The molecule has 4 rings (SSSR count). The van der Waals surface area contributed by atoms with Crippen LogP contribution in [0, 0.1) is 0 Å². The van der Waals surface area contributed by atoms with E-state index in [0.29, 0.717) is 36.8 Å². The average molecular weight is 477 g/mol. The number of carbonyl (C=O) groups excluding carboxylic acids is 1. The molecule has 0 amide bonds. The van der Waals surface area contributed by atoms with Gasteiger partial charge < -0.3 is 9.64 Å². The lowest BCUT2D eigenvalue weighted by Crippen LogP contribution is -2.48. The number of hydrogen-bond acceptors (Lipinski definition) is 6. The Hall–Kier alpha value is -2.39. The smallest absolute Gasteiger partial charge is 0.349 e. The SMILES string of the molecule is COC(=O)c1scc(-c2ccccc2)c1S(=O)(=O)N1CCN(c2cccc(Cl)c2)CC1. The van der Waals surface area contributed by atoms with E-state index in [2.05, 4.69) is 4.90 Å². The van der Waals surface area contributed by atoms with Gasteiger partial charge in [-0.1, -0.05) is 48.0 Å². The monoisotopic (exact) mass is 476 g/mol. The van der Waals surface area contributed by atoms with E-state index in [1.54, 1.807) is 5.38 Å². The number of anilines is 1. The maximum absolute atomic E-state index is 13.7. The number of nitrogens with zero attached hydrogens (tertiary/aromatic N) is 2. The predicted molar refractivity (Wildman–Crippen MR) is 124 cm³/mol. The number of carbonyl (C=O) groups is 1. The highest BCUT2D eigenvalue weighted by molar-refractivity contribution is 7.89. The third-order valence-electron chi connectivity index (χ3n) is 5.21. The Balaban J connectivity index is 1.66. The molecule has 162 valence electrons. The minimum Gasteiger partial charge on any atom is -0.465 e. The summed E-state index contributed by atoms with van der Waals surface area (Å²) in [6.45, 7) is 1.66. The summed E-state index contributed by atoms with van der Waals surface area (Å²) in [6, 6.07) is 16.7. The molecule has 1 aliphatic rings. The van der Waals surface area contributed by atoms with Crippen LogP contribution in [0.4, 0.5) is 5.69 Å². The van der Waals surface area contributed by atoms with Crippen molar-refractivity contribution >= 4 is 44.6 Å². The van der Waals surface area contributed by atoms with E-state index < -0.39 is 16.0 Å². The molecular formula is C22H21ClN2O4S2. The van der Waals surface area contributed by atoms with Crippen molar-refractivity contribution in [1.29, 1.82) is 0 Å². The lowest BCUT2D eigenvalue weighted by molar-refractivity contribution is 0.0602. The summed E-state index contributed by atoms with van der Waals surface area (Å²) < 4.78 is 33.6. The minimum absolute atomic E-state index is 0.0201. The molecule has 31 heavy (non-hydrogen) atoms. The van der Waals surface area contributed by atoms with Crippen molar-refractivity contribution in [2.24, 2.45) is 0 Å². The zero-order valence-electron chi connectivity index (χ0n) is 16.8. The maximum atomic E-state index is 13.7. The number of thiophene rings is 1. The molecule has 1 saturated heterocycles. The molecule has 2 heterocycles. The summed E-state index contributed by atoms with van der Waals surface area (Å²) in [5.74, 6) is -0.650. The van der Waals surface area contributed by atoms with Crippen molar-refractivity contribution in [3.8, 4) is 11.1 Å². The molecule has 9 heteroatoms. The first-order valence-corrected chi connectivity index (χ1v) is 12.4. The van der Waals surface area contributed by atoms with Gasteiger partial charge in [0, 0.05) is 47.8 Å². The molecular weight excluding hydrogens is 456 g/mol. The van der Waals surface area contributed by atoms with Crippen molar-refractivity contribution in [3.63, 3.8) is 0 Å². The second kappa shape index (κ2) is 9.00. The van der Waals surface area contributed by atoms with Gasteiger partial charge in [-0.3, -0.25) is 0 Å². The largest absolute Gasteiger partial charge is 0.465 e. The summed E-state index contributed by atoms with van der Waals surface area (Å²) >= 11 is 7.18. The Bertz CT molecular complexity index is 1190. The third kappa shape index (κ3) is 4.34. The molecule has 0 spiro atoms. The molecule has 0 aliphatic carbocycles. The van der Waals surface area contributed by atoms with Gasteiger partial charge in [0.1, 0.15) is 9.77 Å². The topological polar surface area (TPSA) is 66.9 Å². The number of rotatable bonds is 5. The number of ether oxygens (including phenoxy) is 1. The summed E-state index contributed by atoms with van der Waals surface area (Å²) in [5.41, 5.74) is 2.22. The van der Waals surface area contributed by atoms with E-state index in [4.69, 9.17) is 16.3 Å². The molecule has 1 aromatic heterocycles. The normalized spacial score (nSPS) is 15.1. The fourth-order valence-corrected chi connectivity index (χ4v) is 6.92. The van der Waals surface area contributed by atoms with Crippen molar-refractivity contribution in [1.82, 2.24) is 4.31 Å². The van der Waals surface area contributed by atoms with E-state index in [-0.39, 0.29) is 9.77 Å². The lowest BCUT2D eigenvalue weighted by Gasteiger charge is -2.35. The first-order chi connectivity index (χ1) is 14.9. The Labute approximate surface area is 190 Å². The van der Waals surface area contributed by atoms with E-state index in [1.807, 2.05) is 54.6 Å². The van der Waals surface area contributed by atoms with E-state index >= 15 is 0 Å². The standard InChI is InChI=1S/C22H21ClN2O4S2/c1-29-22(26)20-21(19(15-30-20)16-6-3-2-4-7-16)31(27,28)25-12-10-24(11-13-25)18-9-5-8-17(23)14-18/h2-9,14-15H,10-13H2,1H3. The second-order valence-corrected chi connectivity index (χ2v) is 10.2. The molecule has 3 aromatic rings. The van der Waals surface area contributed by atoms with E-state index in [1.165, 1.54) is 11.4 Å². The molecule has 0 atom stereocenters. The van der Waals surface area contributed by atoms with Crippen LogP contribution in [0.3, 0.4) is 0 Å². The van der Waals surface area contributed by atoms with Gasteiger partial charge in [0.05, 0.1) is 7.11 Å². The summed E-state index contributed by atoms with van der Waals surface area (Å²) in [5, 5.41) is 2.34. The summed E-state index contributed by atoms with van der Waals surface area (Å²) in [6.07, 6.45) is 0. The Morgan fingerprint density at radius 3 is 2.39 bits per heavy atom. The van der Waals surface area contributed by atoms with E-state index in [9.17, 15) is 13.2 Å². The van der Waals surface area contributed by atoms with Crippen molar-refractivity contribution < 1.29 is 17.9 Å². The fraction of sp³-hybridized carbons (Fsp3) is 0.227. The number of piperazine rings is 1. The third-order valence-corrected chi connectivity index (χ3v) is 8.52. The first kappa shape index (κ1) is 21.8. The second-order valence-electron chi connectivity index (χ2n) is 7.04. The fourth-order valence-electron chi connectivity index (χ4n) is 3.64. The summed E-state index contributed by atoms with van der Waals surface area (Å²) in [7, 11) is -2.65. The van der Waals surface area contributed by atoms with Crippen LogP contribution in [0.5, 0.6) is 0 Å². The molecule has 0 radical (unpaired) electrons. The van der Waals surface area contributed by atoms with Crippen LogP contribution >= 0.6 is 22.9 Å². The first-order valence-electron chi connectivity index (χ1n) is 9.67. The van der Waals surface area contributed by atoms with Gasteiger partial charge in [-0.2, -0.15) is 4.31 Å². The van der Waals surface area contributed by atoms with Crippen molar-refractivity contribution in [3.05, 3.63) is 69.9 Å². The van der Waals surface area contributed by atoms with Crippen molar-refractivity contribution in [2.75, 3.05) is 38.2 Å². The number of halogens is 1. The number of benzene rings is 2. The molecule has 1 fully saturated rings. The number of esters is 1. The number of methoxy groups -OCH3 is 1. The van der Waals surface area contributed by atoms with Gasteiger partial charge in [-0.05, 0) is 23.8 Å². The Kier molecular flexibility index (Phi) is 6.34. The van der Waals surface area contributed by atoms with Crippen LogP contribution < -0.4 is 4.90 Å². The van der Waals surface area contributed by atoms with Crippen LogP contribution in [0.2, 0.25) is 5.02 Å². The molecule has 6 nitrogen and oxygen atoms in total. The Morgan fingerprint density at radius 1 is 1.03 bits per heavy atom. The zero-order valence-corrected chi connectivity index (χ0v) is 19.2. The molecule has 0 saturated carbocycles. The molecule has 0 N–H and O–H groups in total.